The summed E-state index contributed by atoms with van der Waals surface area (Å²) < 4.78 is 32.1. The molecule has 0 amide bonds. The highest BCUT2D eigenvalue weighted by Crippen LogP contribution is 2.53. The Kier molecular flexibility index (Phi) is 5.82. The number of benzene rings is 3. The Labute approximate surface area is 235 Å². The van der Waals surface area contributed by atoms with Gasteiger partial charge in [-0.3, -0.25) is 0 Å². The molecule has 0 nitrogen and oxygen atoms in total. The van der Waals surface area contributed by atoms with Gasteiger partial charge in [0.05, 0.1) is 19.2 Å². The fourth-order valence-electron chi connectivity index (χ4n) is 5.10. The normalized spacial score (nSPS) is 11.7. The summed E-state index contributed by atoms with van der Waals surface area (Å²) >= 11 is 6.23. The van der Waals surface area contributed by atoms with Crippen LogP contribution in [0.1, 0.15) is 9.75 Å². The van der Waals surface area contributed by atoms with Gasteiger partial charge in [-0.25, -0.2) is 8.78 Å². The van der Waals surface area contributed by atoms with Crippen LogP contribution in [0.5, 0.6) is 0 Å². The first-order valence-electron chi connectivity index (χ1n) is 12.1. The highest BCUT2D eigenvalue weighted by molar-refractivity contribution is 7.32. The van der Waals surface area contributed by atoms with Gasteiger partial charge in [-0.1, -0.05) is 60.7 Å². The van der Waals surface area contributed by atoms with Crippen molar-refractivity contribution in [2.24, 2.45) is 0 Å². The molecule has 4 aromatic heterocycles. The average molecular weight is 571 g/mol. The highest BCUT2D eigenvalue weighted by Gasteiger charge is 2.24. The van der Waals surface area contributed by atoms with E-state index in [9.17, 15) is 8.78 Å². The predicted octanol–water partition coefficient (Wildman–Crippen LogP) is 11.8. The molecule has 0 spiro atoms. The van der Waals surface area contributed by atoms with Crippen LogP contribution in [-0.2, 0) is 0 Å². The summed E-state index contributed by atoms with van der Waals surface area (Å²) in [5.74, 6) is -0.356. The zero-order valence-corrected chi connectivity index (χ0v) is 23.7. The molecule has 0 fully saturated rings. The Morgan fingerprint density at radius 2 is 0.895 bits per heavy atom. The van der Waals surface area contributed by atoms with E-state index in [1.54, 1.807) is 34.8 Å². The van der Waals surface area contributed by atoms with Gasteiger partial charge in [0.25, 0.3) is 0 Å². The maximum Gasteiger partial charge on any atom is 0.142 e. The molecule has 0 radical (unpaired) electrons. The van der Waals surface area contributed by atoms with Crippen LogP contribution in [0, 0.1) is 25.5 Å². The van der Waals surface area contributed by atoms with Crippen LogP contribution in [-0.4, -0.2) is 0 Å². The Morgan fingerprint density at radius 3 is 1.24 bits per heavy atom. The Balaban J connectivity index is 1.65. The van der Waals surface area contributed by atoms with Gasteiger partial charge in [0.15, 0.2) is 0 Å². The van der Waals surface area contributed by atoms with Crippen LogP contribution in [0.15, 0.2) is 84.9 Å². The Bertz CT molecular complexity index is 1810. The van der Waals surface area contributed by atoms with E-state index in [4.69, 9.17) is 0 Å². The summed E-state index contributed by atoms with van der Waals surface area (Å²) in [5, 5.41) is 2.20. The molecule has 0 aliphatic rings. The van der Waals surface area contributed by atoms with Gasteiger partial charge in [0, 0.05) is 30.3 Å². The lowest BCUT2D eigenvalue weighted by atomic mass is 9.89. The molecular weight excluding hydrogens is 551 g/mol. The number of aryl methyl sites for hydroxylation is 2. The lowest BCUT2D eigenvalue weighted by Crippen LogP contribution is -1.87. The van der Waals surface area contributed by atoms with Crippen LogP contribution in [0.25, 0.3) is 61.9 Å². The molecule has 0 saturated carbocycles. The molecule has 0 unspecified atom stereocenters. The minimum atomic E-state index is -0.178. The molecule has 0 saturated heterocycles. The predicted molar refractivity (Wildman–Crippen MR) is 164 cm³/mol. The van der Waals surface area contributed by atoms with Crippen molar-refractivity contribution in [1.82, 2.24) is 0 Å². The molecule has 4 heterocycles. The van der Waals surface area contributed by atoms with E-state index in [1.165, 1.54) is 22.7 Å². The van der Waals surface area contributed by atoms with Crippen molar-refractivity contribution >= 4 is 65.5 Å². The van der Waals surface area contributed by atoms with Crippen molar-refractivity contribution in [3.63, 3.8) is 0 Å². The number of rotatable bonds is 4. The standard InChI is InChI=1S/C32H20F2S4/c1-17-13-23(33)31(35-17)25-15-21-27(19-9-5-3-6-10-19)28(20-11-7-4-8-12-20)22-16-26(38-30(22)29(21)37-25)32-24(34)14-18(2)36-32/h3-16H,1-2H3. The van der Waals surface area contributed by atoms with E-state index < -0.39 is 0 Å². The maximum absolute atomic E-state index is 15.0. The fourth-order valence-corrected chi connectivity index (χ4v) is 9.57. The number of halogens is 2. The quantitative estimate of drug-likeness (QED) is 0.197. The fraction of sp³-hybridized carbons (Fsp3) is 0.0625. The highest BCUT2D eigenvalue weighted by atomic mass is 32.1. The first-order chi connectivity index (χ1) is 18.5. The summed E-state index contributed by atoms with van der Waals surface area (Å²) in [6.07, 6.45) is 0. The Morgan fingerprint density at radius 1 is 0.500 bits per heavy atom. The third-order valence-electron chi connectivity index (χ3n) is 6.65. The monoisotopic (exact) mass is 570 g/mol. The van der Waals surface area contributed by atoms with Gasteiger partial charge in [-0.05, 0) is 60.4 Å². The smallest absolute Gasteiger partial charge is 0.142 e. The second kappa shape index (κ2) is 9.24. The first kappa shape index (κ1) is 23.9. The summed E-state index contributed by atoms with van der Waals surface area (Å²) in [5.41, 5.74) is 4.47. The average Bonchev–Trinajstić information content (AvgIpc) is 3.68. The van der Waals surface area contributed by atoms with E-state index in [0.717, 1.165) is 61.9 Å². The molecule has 0 bridgehead atoms. The molecular formula is C32H20F2S4. The summed E-state index contributed by atoms with van der Waals surface area (Å²) in [6, 6.07) is 28.3. The topological polar surface area (TPSA) is 0 Å². The SMILES string of the molecule is Cc1cc(F)c(-c2cc3c(-c4ccccc4)c(-c4ccccc4)c4cc(-c5sc(C)cc5F)sc4c3s2)s1. The molecule has 6 heteroatoms. The van der Waals surface area contributed by atoms with E-state index in [2.05, 4.69) is 60.7 Å². The molecule has 186 valence electrons. The second-order valence-electron chi connectivity index (χ2n) is 9.26. The van der Waals surface area contributed by atoms with Crippen LogP contribution in [0.3, 0.4) is 0 Å². The summed E-state index contributed by atoms with van der Waals surface area (Å²) in [7, 11) is 0. The van der Waals surface area contributed by atoms with E-state index in [-0.39, 0.29) is 11.6 Å². The minimum Gasteiger partial charge on any atom is -0.205 e. The van der Waals surface area contributed by atoms with Gasteiger partial charge in [-0.15, -0.1) is 45.3 Å². The number of hydrogen-bond acceptors (Lipinski definition) is 4. The van der Waals surface area contributed by atoms with Gasteiger partial charge < -0.3 is 0 Å². The molecule has 7 aromatic rings. The summed E-state index contributed by atoms with van der Waals surface area (Å²) in [6.45, 7) is 3.88. The van der Waals surface area contributed by atoms with Crippen LogP contribution in [0.2, 0.25) is 0 Å². The van der Waals surface area contributed by atoms with Gasteiger partial charge in [-0.2, -0.15) is 0 Å². The minimum absolute atomic E-state index is 0.178. The number of hydrogen-bond donors (Lipinski definition) is 0. The van der Waals surface area contributed by atoms with Crippen molar-refractivity contribution < 1.29 is 8.78 Å². The first-order valence-corrected chi connectivity index (χ1v) is 15.4. The number of thiophene rings is 4. The van der Waals surface area contributed by atoms with Crippen LogP contribution >= 0.6 is 45.3 Å². The van der Waals surface area contributed by atoms with Crippen molar-refractivity contribution in [3.8, 4) is 41.8 Å². The molecule has 0 N–H and O–H groups in total. The molecule has 0 aliphatic carbocycles. The van der Waals surface area contributed by atoms with Crippen LogP contribution in [0.4, 0.5) is 8.78 Å². The lowest BCUT2D eigenvalue weighted by Gasteiger charge is -2.14. The van der Waals surface area contributed by atoms with E-state index in [0.29, 0.717) is 9.75 Å². The lowest BCUT2D eigenvalue weighted by molar-refractivity contribution is 0.635. The molecule has 0 atom stereocenters. The zero-order valence-electron chi connectivity index (χ0n) is 20.5. The maximum atomic E-state index is 15.0. The van der Waals surface area contributed by atoms with E-state index >= 15 is 0 Å². The second-order valence-corrected chi connectivity index (χ2v) is 13.9. The van der Waals surface area contributed by atoms with E-state index in [1.807, 2.05) is 26.0 Å². The molecule has 3 aromatic carbocycles. The van der Waals surface area contributed by atoms with Crippen molar-refractivity contribution in [2.75, 3.05) is 0 Å². The Hall–Kier alpha value is -3.16. The largest absolute Gasteiger partial charge is 0.205 e. The number of fused-ring (bicyclic) bond motifs is 3. The molecule has 7 rings (SSSR count). The third kappa shape index (κ3) is 3.86. The third-order valence-corrected chi connectivity index (χ3v) is 11.5. The van der Waals surface area contributed by atoms with Gasteiger partial charge in [0.2, 0.25) is 0 Å². The molecule has 38 heavy (non-hydrogen) atoms. The van der Waals surface area contributed by atoms with Crippen molar-refractivity contribution in [3.05, 3.63) is 106 Å². The van der Waals surface area contributed by atoms with Crippen molar-refractivity contribution in [2.45, 2.75) is 13.8 Å². The van der Waals surface area contributed by atoms with Gasteiger partial charge in [0.1, 0.15) is 11.6 Å². The van der Waals surface area contributed by atoms with Crippen LogP contribution < -0.4 is 0 Å². The zero-order chi connectivity index (χ0) is 26.0. The molecule has 0 aliphatic heterocycles. The summed E-state index contributed by atoms with van der Waals surface area (Å²) in [4.78, 5) is 5.10. The van der Waals surface area contributed by atoms with Gasteiger partial charge >= 0.3 is 0 Å². The van der Waals surface area contributed by atoms with Crippen molar-refractivity contribution in [1.29, 1.82) is 0 Å².